The number of allylic oxidation sites excluding steroid dienone is 5. The molecule has 0 aliphatic rings. The summed E-state index contributed by atoms with van der Waals surface area (Å²) in [5.74, 6) is 0.193. The second-order valence-corrected chi connectivity index (χ2v) is 7.84. The normalized spacial score (nSPS) is 12.7. The van der Waals surface area contributed by atoms with Crippen LogP contribution in [0.3, 0.4) is 0 Å². The molecule has 27 heavy (non-hydrogen) atoms. The summed E-state index contributed by atoms with van der Waals surface area (Å²) >= 11 is 0. The minimum atomic E-state index is -3.36. The van der Waals surface area contributed by atoms with Crippen LogP contribution in [0.1, 0.15) is 25.1 Å². The monoisotopic (exact) mass is 384 g/mol. The smallest absolute Gasteiger partial charge is 0.223 e. The van der Waals surface area contributed by atoms with Gasteiger partial charge in [0.15, 0.2) is 15.7 Å². The second kappa shape index (κ2) is 8.01. The van der Waals surface area contributed by atoms with Gasteiger partial charge in [0, 0.05) is 12.5 Å². The van der Waals surface area contributed by atoms with Crippen LogP contribution in [-0.4, -0.2) is 34.5 Å². The predicted octanol–water partition coefficient (Wildman–Crippen LogP) is 2.98. The lowest BCUT2D eigenvalue weighted by atomic mass is 10.1. The highest BCUT2D eigenvalue weighted by Gasteiger charge is 2.19. The first-order chi connectivity index (χ1) is 12.7. The largest absolute Gasteiger partial charge is 0.493 e. The van der Waals surface area contributed by atoms with Gasteiger partial charge in [-0.2, -0.15) is 15.0 Å². The molecule has 2 heterocycles. The molecule has 0 radical (unpaired) electrons. The fraction of sp³-hybridized carbons (Fsp3) is 0.211. The fourth-order valence-corrected chi connectivity index (χ4v) is 2.99. The molecule has 2 aromatic rings. The molecular weight excluding hydrogens is 364 g/mol. The standard InChI is InChI=1S/C19H20N4O3S/c1-5-14(11-20)8-7-13(3)18-16(6-2)22-23(19(18)24)17-10-9-15(12-21-17)27(4,25)26/h5,7-10,12,24H,1,6H2,2-4H3/b13-7+,14-8+. The van der Waals surface area contributed by atoms with Crippen molar-refractivity contribution in [3.63, 3.8) is 0 Å². The van der Waals surface area contributed by atoms with E-state index < -0.39 is 9.84 Å². The SMILES string of the molecule is C=C/C(C#N)=C\C=C(/C)c1c(CC)nn(-c2ccc(S(C)(=O)=O)cn2)c1O. The molecule has 0 spiro atoms. The van der Waals surface area contributed by atoms with Crippen LogP contribution in [-0.2, 0) is 16.3 Å². The molecule has 0 atom stereocenters. The number of hydrogen-bond acceptors (Lipinski definition) is 6. The lowest BCUT2D eigenvalue weighted by Gasteiger charge is -2.04. The van der Waals surface area contributed by atoms with Gasteiger partial charge in [-0.05, 0) is 37.1 Å². The van der Waals surface area contributed by atoms with E-state index in [-0.39, 0.29) is 10.8 Å². The zero-order chi connectivity index (χ0) is 20.2. The fourth-order valence-electron chi connectivity index (χ4n) is 2.43. The minimum Gasteiger partial charge on any atom is -0.493 e. The lowest BCUT2D eigenvalue weighted by molar-refractivity contribution is 0.430. The van der Waals surface area contributed by atoms with Gasteiger partial charge in [-0.15, -0.1) is 0 Å². The maximum absolute atomic E-state index is 11.6. The Kier molecular flexibility index (Phi) is 5.98. The summed E-state index contributed by atoms with van der Waals surface area (Å²) in [6.45, 7) is 7.27. The van der Waals surface area contributed by atoms with Gasteiger partial charge in [-0.3, -0.25) is 0 Å². The van der Waals surface area contributed by atoms with Gasteiger partial charge >= 0.3 is 0 Å². The summed E-state index contributed by atoms with van der Waals surface area (Å²) in [7, 11) is -3.36. The van der Waals surface area contributed by atoms with Gasteiger partial charge in [0.1, 0.15) is 0 Å². The van der Waals surface area contributed by atoms with Gasteiger partial charge in [0.25, 0.3) is 0 Å². The number of nitriles is 1. The van der Waals surface area contributed by atoms with E-state index in [4.69, 9.17) is 5.26 Å². The molecule has 7 nitrogen and oxygen atoms in total. The van der Waals surface area contributed by atoms with E-state index in [1.807, 2.05) is 13.0 Å². The maximum Gasteiger partial charge on any atom is 0.223 e. The molecule has 8 heteroatoms. The number of rotatable bonds is 6. The third-order valence-corrected chi connectivity index (χ3v) is 4.99. The zero-order valence-electron chi connectivity index (χ0n) is 15.3. The van der Waals surface area contributed by atoms with Crippen molar-refractivity contribution in [1.82, 2.24) is 14.8 Å². The maximum atomic E-state index is 11.6. The Labute approximate surface area is 158 Å². The summed E-state index contributed by atoms with van der Waals surface area (Å²) in [6.07, 6.45) is 7.66. The first-order valence-corrected chi connectivity index (χ1v) is 10.0. The average Bonchev–Trinajstić information content (AvgIpc) is 2.98. The van der Waals surface area contributed by atoms with Crippen molar-refractivity contribution in [3.05, 3.63) is 60.0 Å². The lowest BCUT2D eigenvalue weighted by Crippen LogP contribution is -2.03. The summed E-state index contributed by atoms with van der Waals surface area (Å²) in [4.78, 5) is 4.19. The Morgan fingerprint density at radius 1 is 1.41 bits per heavy atom. The molecule has 2 rings (SSSR count). The van der Waals surface area contributed by atoms with Gasteiger partial charge in [0.05, 0.1) is 27.8 Å². The van der Waals surface area contributed by atoms with E-state index in [1.165, 1.54) is 29.1 Å². The summed E-state index contributed by atoms with van der Waals surface area (Å²) in [6, 6.07) is 4.90. The first-order valence-electron chi connectivity index (χ1n) is 8.11. The van der Waals surface area contributed by atoms with Crippen LogP contribution in [0.25, 0.3) is 11.4 Å². The number of nitrogens with zero attached hydrogens (tertiary/aromatic N) is 4. The van der Waals surface area contributed by atoms with E-state index in [0.29, 0.717) is 29.1 Å². The van der Waals surface area contributed by atoms with E-state index >= 15 is 0 Å². The number of aryl methyl sites for hydroxylation is 1. The summed E-state index contributed by atoms with van der Waals surface area (Å²) in [5.41, 5.74) is 2.32. The number of pyridine rings is 1. The van der Waals surface area contributed by atoms with Crippen molar-refractivity contribution >= 4 is 15.4 Å². The predicted molar refractivity (Wildman–Crippen MR) is 103 cm³/mol. The van der Waals surface area contributed by atoms with Gasteiger partial charge in [-0.25, -0.2) is 13.4 Å². The molecule has 0 saturated carbocycles. The number of sulfone groups is 1. The second-order valence-electron chi connectivity index (χ2n) is 5.82. The topological polar surface area (TPSA) is 109 Å². The molecule has 1 N–H and O–H groups in total. The number of aromatic hydroxyl groups is 1. The molecule has 0 bridgehead atoms. The first kappa shape index (κ1) is 20.1. The van der Waals surface area contributed by atoms with Gasteiger partial charge in [-0.1, -0.05) is 25.7 Å². The Morgan fingerprint density at radius 2 is 2.11 bits per heavy atom. The minimum absolute atomic E-state index is 0.0866. The molecule has 0 amide bonds. The number of aromatic nitrogens is 3. The van der Waals surface area contributed by atoms with E-state index in [1.54, 1.807) is 19.1 Å². The molecule has 0 aliphatic carbocycles. The van der Waals surface area contributed by atoms with Crippen LogP contribution in [0.5, 0.6) is 5.88 Å². The molecule has 0 fully saturated rings. The van der Waals surface area contributed by atoms with Crippen molar-refractivity contribution in [1.29, 1.82) is 5.26 Å². The molecule has 0 unspecified atom stereocenters. The highest BCUT2D eigenvalue weighted by atomic mass is 32.2. The Hall–Kier alpha value is -3.18. The molecule has 0 aliphatic heterocycles. The third kappa shape index (κ3) is 4.33. The van der Waals surface area contributed by atoms with Crippen molar-refractivity contribution < 1.29 is 13.5 Å². The average molecular weight is 384 g/mol. The van der Waals surface area contributed by atoms with Crippen LogP contribution in [0.15, 0.2) is 53.6 Å². The Bertz CT molecular complexity index is 1070. The third-order valence-electron chi connectivity index (χ3n) is 3.89. The Balaban J connectivity index is 2.54. The quantitative estimate of drug-likeness (QED) is 0.606. The molecule has 2 aromatic heterocycles. The van der Waals surface area contributed by atoms with Crippen LogP contribution in [0.4, 0.5) is 0 Å². The van der Waals surface area contributed by atoms with Crippen molar-refractivity contribution in [2.75, 3.05) is 6.26 Å². The Morgan fingerprint density at radius 3 is 2.59 bits per heavy atom. The van der Waals surface area contributed by atoms with E-state index in [2.05, 4.69) is 16.7 Å². The molecule has 0 saturated heterocycles. The molecular formula is C19H20N4O3S. The van der Waals surface area contributed by atoms with Crippen molar-refractivity contribution in [2.24, 2.45) is 0 Å². The summed E-state index contributed by atoms with van der Waals surface area (Å²) in [5, 5.41) is 24.0. The van der Waals surface area contributed by atoms with Gasteiger partial charge < -0.3 is 5.11 Å². The van der Waals surface area contributed by atoms with E-state index in [9.17, 15) is 13.5 Å². The molecule has 140 valence electrons. The van der Waals surface area contributed by atoms with E-state index in [0.717, 1.165) is 11.8 Å². The van der Waals surface area contributed by atoms with Crippen LogP contribution in [0, 0.1) is 11.3 Å². The highest BCUT2D eigenvalue weighted by Crippen LogP contribution is 2.31. The van der Waals surface area contributed by atoms with Crippen LogP contribution in [0.2, 0.25) is 0 Å². The number of hydrogen-bond donors (Lipinski definition) is 1. The summed E-state index contributed by atoms with van der Waals surface area (Å²) < 4.78 is 24.4. The van der Waals surface area contributed by atoms with Crippen LogP contribution < -0.4 is 0 Å². The van der Waals surface area contributed by atoms with Crippen molar-refractivity contribution in [3.8, 4) is 17.8 Å². The highest BCUT2D eigenvalue weighted by molar-refractivity contribution is 7.90. The van der Waals surface area contributed by atoms with Crippen LogP contribution >= 0.6 is 0 Å². The van der Waals surface area contributed by atoms with Crippen molar-refractivity contribution in [2.45, 2.75) is 25.2 Å². The van der Waals surface area contributed by atoms with Gasteiger partial charge in [0.2, 0.25) is 5.88 Å². The molecule has 0 aromatic carbocycles. The zero-order valence-corrected chi connectivity index (χ0v) is 16.2.